The second-order valence-electron chi connectivity index (χ2n) is 4.70. The molecule has 1 rings (SSSR count). The molecule has 0 aliphatic heterocycles. The van der Waals surface area contributed by atoms with Gasteiger partial charge in [-0.2, -0.15) is 0 Å². The maximum Gasteiger partial charge on any atom is 0.325 e. The number of carbonyl (C=O) groups is 2. The lowest BCUT2D eigenvalue weighted by Crippen LogP contribution is -2.56. The number of thiocarbonyl (C=S) groups is 1. The van der Waals surface area contributed by atoms with Crippen LogP contribution in [0, 0.1) is 11.3 Å². The van der Waals surface area contributed by atoms with Gasteiger partial charge in [0.15, 0.2) is 0 Å². The fraction of sp³-hybridized carbons (Fsp3) is 0.727. The van der Waals surface area contributed by atoms with Crippen LogP contribution in [0.3, 0.4) is 0 Å². The minimum Gasteiger partial charge on any atom is -0.468 e. The Morgan fingerprint density at radius 2 is 2.06 bits per heavy atom. The molecule has 2 N–H and O–H groups in total. The summed E-state index contributed by atoms with van der Waals surface area (Å²) in [5.41, 5.74) is 4.91. The van der Waals surface area contributed by atoms with Gasteiger partial charge in [0.05, 0.1) is 17.5 Å². The zero-order valence-electron chi connectivity index (χ0n) is 10.4. The lowest BCUT2D eigenvalue weighted by atomic mass is 9.61. The highest BCUT2D eigenvalue weighted by molar-refractivity contribution is 7.80. The van der Waals surface area contributed by atoms with Crippen LogP contribution in [0.25, 0.3) is 0 Å². The van der Waals surface area contributed by atoms with Crippen LogP contribution in [0.4, 0.5) is 0 Å². The normalized spacial score (nSPS) is 26.9. The molecule has 0 unspecified atom stereocenters. The van der Waals surface area contributed by atoms with Crippen LogP contribution in [-0.4, -0.2) is 42.5 Å². The van der Waals surface area contributed by atoms with Gasteiger partial charge in [0, 0.05) is 7.05 Å². The molecule has 96 valence electrons. The molecule has 0 radical (unpaired) electrons. The van der Waals surface area contributed by atoms with Crippen molar-refractivity contribution in [3.63, 3.8) is 0 Å². The van der Waals surface area contributed by atoms with E-state index in [9.17, 15) is 9.59 Å². The Morgan fingerprint density at radius 3 is 2.41 bits per heavy atom. The van der Waals surface area contributed by atoms with Crippen molar-refractivity contribution in [3.05, 3.63) is 0 Å². The molecule has 6 heteroatoms. The van der Waals surface area contributed by atoms with E-state index in [1.807, 2.05) is 6.92 Å². The van der Waals surface area contributed by atoms with Crippen molar-refractivity contribution in [1.82, 2.24) is 4.90 Å². The molecule has 17 heavy (non-hydrogen) atoms. The molecule has 5 nitrogen and oxygen atoms in total. The summed E-state index contributed by atoms with van der Waals surface area (Å²) in [5.74, 6) is -0.202. The molecule has 0 aromatic rings. The van der Waals surface area contributed by atoms with Crippen LogP contribution in [0.5, 0.6) is 0 Å². The van der Waals surface area contributed by atoms with Crippen molar-refractivity contribution in [1.29, 1.82) is 0 Å². The molecular weight excluding hydrogens is 240 g/mol. The molecule has 0 spiro atoms. The third-order valence-corrected chi connectivity index (χ3v) is 3.61. The molecule has 1 aliphatic rings. The van der Waals surface area contributed by atoms with Gasteiger partial charge >= 0.3 is 5.97 Å². The van der Waals surface area contributed by atoms with E-state index in [4.69, 9.17) is 18.0 Å². The summed E-state index contributed by atoms with van der Waals surface area (Å²) in [6.45, 7) is 1.97. The molecule has 0 aromatic carbocycles. The van der Waals surface area contributed by atoms with Crippen molar-refractivity contribution in [3.8, 4) is 0 Å². The number of esters is 1. The second-order valence-corrected chi connectivity index (χ2v) is 5.14. The van der Waals surface area contributed by atoms with Gasteiger partial charge in [-0.25, -0.2) is 0 Å². The molecule has 0 aromatic heterocycles. The van der Waals surface area contributed by atoms with E-state index in [1.165, 1.54) is 12.0 Å². The first-order valence-electron chi connectivity index (χ1n) is 5.45. The number of nitrogens with two attached hydrogens (primary N) is 1. The quantitative estimate of drug-likeness (QED) is 0.581. The number of amides is 1. The van der Waals surface area contributed by atoms with Crippen LogP contribution in [0.15, 0.2) is 0 Å². The lowest BCUT2D eigenvalue weighted by molar-refractivity contribution is -0.151. The highest BCUT2D eigenvalue weighted by Gasteiger charge is 2.52. The third kappa shape index (κ3) is 2.57. The van der Waals surface area contributed by atoms with Gasteiger partial charge in [-0.15, -0.1) is 0 Å². The fourth-order valence-electron chi connectivity index (χ4n) is 2.31. The lowest BCUT2D eigenvalue weighted by Gasteiger charge is -2.45. The molecule has 0 atom stereocenters. The van der Waals surface area contributed by atoms with Gasteiger partial charge in [-0.05, 0) is 18.8 Å². The van der Waals surface area contributed by atoms with Gasteiger partial charge < -0.3 is 15.4 Å². The summed E-state index contributed by atoms with van der Waals surface area (Å²) in [6, 6.07) is 0. The van der Waals surface area contributed by atoms with Gasteiger partial charge in [0.25, 0.3) is 0 Å². The summed E-state index contributed by atoms with van der Waals surface area (Å²) in [4.78, 5) is 24.9. The first kappa shape index (κ1) is 13.9. The molecule has 0 heterocycles. The van der Waals surface area contributed by atoms with Crippen molar-refractivity contribution < 1.29 is 14.3 Å². The van der Waals surface area contributed by atoms with Crippen molar-refractivity contribution >= 4 is 29.1 Å². The zero-order chi connectivity index (χ0) is 13.2. The number of hydrogen-bond donors (Lipinski definition) is 1. The van der Waals surface area contributed by atoms with Crippen LogP contribution in [-0.2, 0) is 14.3 Å². The van der Waals surface area contributed by atoms with E-state index in [-0.39, 0.29) is 17.4 Å². The van der Waals surface area contributed by atoms with E-state index >= 15 is 0 Å². The maximum absolute atomic E-state index is 12.2. The molecule has 1 amide bonds. The van der Waals surface area contributed by atoms with E-state index in [1.54, 1.807) is 7.05 Å². The Kier molecular flexibility index (Phi) is 4.08. The predicted octanol–water partition coefficient (Wildman–Crippen LogP) is 0.320. The van der Waals surface area contributed by atoms with Crippen molar-refractivity contribution in [2.75, 3.05) is 20.7 Å². The summed E-state index contributed by atoms with van der Waals surface area (Å²) < 4.78 is 4.52. The van der Waals surface area contributed by atoms with Crippen molar-refractivity contribution in [2.45, 2.75) is 19.8 Å². The van der Waals surface area contributed by atoms with E-state index in [0.29, 0.717) is 18.8 Å². The number of rotatable bonds is 4. The molecular formula is C11H18N2O3S. The predicted molar refractivity (Wildman–Crippen MR) is 67.3 cm³/mol. The largest absolute Gasteiger partial charge is 0.468 e. The number of methoxy groups -OCH3 is 1. The highest BCUT2D eigenvalue weighted by Crippen LogP contribution is 2.46. The Bertz CT molecular complexity index is 351. The minimum absolute atomic E-state index is 0.0753. The number of hydrogen-bond acceptors (Lipinski definition) is 4. The summed E-state index contributed by atoms with van der Waals surface area (Å²) >= 11 is 4.99. The molecule has 0 bridgehead atoms. The van der Waals surface area contributed by atoms with Crippen LogP contribution < -0.4 is 5.73 Å². The number of likely N-dealkylation sites (N-methyl/N-ethyl adjacent to an activating group) is 1. The Morgan fingerprint density at radius 1 is 1.53 bits per heavy atom. The van der Waals surface area contributed by atoms with Gasteiger partial charge in [-0.3, -0.25) is 9.59 Å². The SMILES string of the molecule is COC(=O)CN(C)C(=O)C1(C(N)=S)CC(C)C1. The average Bonchev–Trinajstić information content (AvgIpc) is 2.22. The third-order valence-electron chi connectivity index (χ3n) is 3.22. The van der Waals surface area contributed by atoms with Crippen LogP contribution >= 0.6 is 12.2 Å². The number of nitrogens with zero attached hydrogens (tertiary/aromatic N) is 1. The first-order valence-corrected chi connectivity index (χ1v) is 5.86. The molecule has 1 aliphatic carbocycles. The van der Waals surface area contributed by atoms with Gasteiger partial charge in [0.2, 0.25) is 5.91 Å². The van der Waals surface area contributed by atoms with Gasteiger partial charge in [-0.1, -0.05) is 19.1 Å². The van der Waals surface area contributed by atoms with Crippen molar-refractivity contribution in [2.24, 2.45) is 17.1 Å². The Hall–Kier alpha value is -1.17. The van der Waals surface area contributed by atoms with Crippen LogP contribution in [0.2, 0.25) is 0 Å². The smallest absolute Gasteiger partial charge is 0.325 e. The maximum atomic E-state index is 12.2. The first-order chi connectivity index (χ1) is 7.83. The fourth-order valence-corrected chi connectivity index (χ4v) is 2.56. The summed E-state index contributed by atoms with van der Waals surface area (Å²) in [5, 5.41) is 0. The van der Waals surface area contributed by atoms with Crippen LogP contribution in [0.1, 0.15) is 19.8 Å². The summed E-state index contributed by atoms with van der Waals surface area (Å²) in [7, 11) is 2.84. The monoisotopic (exact) mass is 258 g/mol. The summed E-state index contributed by atoms with van der Waals surface area (Å²) in [6.07, 6.45) is 1.32. The highest BCUT2D eigenvalue weighted by atomic mass is 32.1. The number of ether oxygens (including phenoxy) is 1. The molecule has 0 saturated heterocycles. The Labute approximate surface area is 106 Å². The zero-order valence-corrected chi connectivity index (χ0v) is 11.2. The Balaban J connectivity index is 2.73. The van der Waals surface area contributed by atoms with E-state index in [0.717, 1.165) is 0 Å². The second kappa shape index (κ2) is 5.00. The minimum atomic E-state index is -0.752. The average molecular weight is 258 g/mol. The molecule has 1 saturated carbocycles. The topological polar surface area (TPSA) is 72.6 Å². The van der Waals surface area contributed by atoms with Gasteiger partial charge in [0.1, 0.15) is 6.54 Å². The standard InChI is InChI=1S/C11H18N2O3S/c1-7-4-11(5-7,9(12)17)10(15)13(2)6-8(14)16-3/h7H,4-6H2,1-3H3,(H2,12,17). The van der Waals surface area contributed by atoms with E-state index < -0.39 is 11.4 Å². The molecule has 1 fully saturated rings. The number of carbonyl (C=O) groups excluding carboxylic acids is 2. The van der Waals surface area contributed by atoms with E-state index in [2.05, 4.69) is 4.74 Å².